The van der Waals surface area contributed by atoms with Crippen LogP contribution >= 0.6 is 11.6 Å². The number of aliphatic hydroxyl groups is 1. The Kier molecular flexibility index (Phi) is 3.00. The highest BCUT2D eigenvalue weighted by atomic mass is 35.5. The van der Waals surface area contributed by atoms with Crippen molar-refractivity contribution in [1.29, 1.82) is 0 Å². The maximum absolute atomic E-state index is 12.5. The lowest BCUT2D eigenvalue weighted by atomic mass is 9.91. The molecule has 2 heterocycles. The van der Waals surface area contributed by atoms with Gasteiger partial charge >= 0.3 is 0 Å². The number of hydrogen-bond acceptors (Lipinski definition) is 5. The molecule has 0 aliphatic carbocycles. The number of fused-ring (bicyclic) bond motifs is 3. The van der Waals surface area contributed by atoms with Crippen molar-refractivity contribution in [1.82, 2.24) is 5.32 Å². The number of carbonyl (C=O) groups excluding carboxylic acids is 2. The number of carbonyl (C=O) groups is 2. The van der Waals surface area contributed by atoms with E-state index in [1.807, 2.05) is 0 Å². The second kappa shape index (κ2) is 4.86. The van der Waals surface area contributed by atoms with Gasteiger partial charge in [0.15, 0.2) is 12.3 Å². The van der Waals surface area contributed by atoms with Crippen molar-refractivity contribution in [3.63, 3.8) is 0 Å². The minimum absolute atomic E-state index is 0.0699. The summed E-state index contributed by atoms with van der Waals surface area (Å²) in [6, 6.07) is 8.04. The Hall–Kier alpha value is -2.77. The lowest BCUT2D eigenvalue weighted by Crippen LogP contribution is -2.40. The predicted molar refractivity (Wildman–Crippen MR) is 86.9 cm³/mol. The van der Waals surface area contributed by atoms with E-state index in [4.69, 9.17) is 22.1 Å². The molecule has 0 saturated heterocycles. The highest BCUT2D eigenvalue weighted by molar-refractivity contribution is 6.31. The Morgan fingerprint density at radius 1 is 1.29 bits per heavy atom. The van der Waals surface area contributed by atoms with Gasteiger partial charge in [0.2, 0.25) is 0 Å². The second-order valence-electron chi connectivity index (χ2n) is 5.57. The lowest BCUT2D eigenvalue weighted by Gasteiger charge is -2.27. The molecule has 2 aromatic rings. The highest BCUT2D eigenvalue weighted by Crippen LogP contribution is 2.47. The van der Waals surface area contributed by atoms with Crippen molar-refractivity contribution in [3.05, 3.63) is 52.0 Å². The summed E-state index contributed by atoms with van der Waals surface area (Å²) in [6.07, 6.45) is 0. The maximum Gasteiger partial charge on any atom is 0.262 e. The van der Waals surface area contributed by atoms with E-state index >= 15 is 0 Å². The number of amides is 2. The van der Waals surface area contributed by atoms with Crippen LogP contribution in [-0.4, -0.2) is 23.5 Å². The normalized spacial score (nSPS) is 21.4. The van der Waals surface area contributed by atoms with Crippen molar-refractivity contribution >= 4 is 34.8 Å². The molecule has 4 rings (SSSR count). The van der Waals surface area contributed by atoms with Crippen LogP contribution in [0.5, 0.6) is 5.75 Å². The fraction of sp³-hybridized carbons (Fsp3) is 0.125. The highest BCUT2D eigenvalue weighted by Gasteiger charge is 2.48. The monoisotopic (exact) mass is 345 g/mol. The molecule has 0 bridgehead atoms. The zero-order chi connectivity index (χ0) is 17.1. The zero-order valence-electron chi connectivity index (χ0n) is 12.2. The Balaban J connectivity index is 2.01. The van der Waals surface area contributed by atoms with Crippen LogP contribution in [0.15, 0.2) is 30.3 Å². The van der Waals surface area contributed by atoms with E-state index < -0.39 is 17.5 Å². The summed E-state index contributed by atoms with van der Waals surface area (Å²) >= 11 is 6.18. The SMILES string of the molecule is Nc1cc2c(c3c1C(O)(c1ccccc1Cl)NC3=O)NC(=O)CO2. The molecular weight excluding hydrogens is 334 g/mol. The minimum atomic E-state index is -1.90. The lowest BCUT2D eigenvalue weighted by molar-refractivity contribution is -0.118. The van der Waals surface area contributed by atoms with Crippen LogP contribution < -0.4 is 21.1 Å². The molecule has 1 unspecified atom stereocenters. The van der Waals surface area contributed by atoms with E-state index in [-0.39, 0.29) is 45.4 Å². The molecule has 0 radical (unpaired) electrons. The average Bonchev–Trinajstić information content (AvgIpc) is 2.81. The van der Waals surface area contributed by atoms with Gasteiger partial charge in [0, 0.05) is 27.9 Å². The van der Waals surface area contributed by atoms with Gasteiger partial charge in [-0.1, -0.05) is 29.8 Å². The second-order valence-corrected chi connectivity index (χ2v) is 5.98. The van der Waals surface area contributed by atoms with Crippen molar-refractivity contribution in [2.75, 3.05) is 17.7 Å². The number of nitrogen functional groups attached to an aromatic ring is 1. The molecule has 5 N–H and O–H groups in total. The van der Waals surface area contributed by atoms with Crippen molar-refractivity contribution < 1.29 is 19.4 Å². The number of rotatable bonds is 1. The summed E-state index contributed by atoms with van der Waals surface area (Å²) < 4.78 is 5.31. The number of ether oxygens (including phenoxy) is 1. The van der Waals surface area contributed by atoms with Gasteiger partial charge in [0.1, 0.15) is 5.75 Å². The van der Waals surface area contributed by atoms with Crippen LogP contribution in [0.3, 0.4) is 0 Å². The molecule has 1 atom stereocenters. The van der Waals surface area contributed by atoms with Gasteiger partial charge in [-0.2, -0.15) is 0 Å². The third-order valence-electron chi connectivity index (χ3n) is 4.09. The Bertz CT molecular complexity index is 914. The zero-order valence-corrected chi connectivity index (χ0v) is 13.0. The molecule has 7 nitrogen and oxygen atoms in total. The Morgan fingerprint density at radius 2 is 2.04 bits per heavy atom. The molecule has 122 valence electrons. The van der Waals surface area contributed by atoms with Gasteiger partial charge in [0.25, 0.3) is 11.8 Å². The predicted octanol–water partition coefficient (Wildman–Crippen LogP) is 1.19. The smallest absolute Gasteiger partial charge is 0.262 e. The molecule has 2 aliphatic heterocycles. The number of nitrogens with one attached hydrogen (secondary N) is 2. The standard InChI is InChI=1S/C16H12ClN3O4/c17-8-4-2-1-3-7(8)16(23)13-9(18)5-10-14(12(13)15(22)20-16)19-11(21)6-24-10/h1-5,23H,6,18H2,(H,19,21)(H,20,22). The number of hydrogen-bond donors (Lipinski definition) is 4. The molecular formula is C16H12ClN3O4. The third-order valence-corrected chi connectivity index (χ3v) is 4.42. The summed E-state index contributed by atoms with van der Waals surface area (Å²) in [5, 5.41) is 16.5. The van der Waals surface area contributed by atoms with Crippen LogP contribution in [0.1, 0.15) is 21.5 Å². The molecule has 0 saturated carbocycles. The maximum atomic E-state index is 12.5. The first kappa shape index (κ1) is 14.8. The van der Waals surface area contributed by atoms with Crippen molar-refractivity contribution in [3.8, 4) is 5.75 Å². The number of nitrogens with two attached hydrogens (primary N) is 1. The Labute approximate surface area is 141 Å². The quantitative estimate of drug-likeness (QED) is 0.580. The molecule has 2 amide bonds. The third kappa shape index (κ3) is 1.88. The van der Waals surface area contributed by atoms with Gasteiger partial charge < -0.3 is 26.2 Å². The van der Waals surface area contributed by atoms with Crippen LogP contribution in [0, 0.1) is 0 Å². The summed E-state index contributed by atoms with van der Waals surface area (Å²) in [7, 11) is 0. The Morgan fingerprint density at radius 3 is 2.79 bits per heavy atom. The van der Waals surface area contributed by atoms with E-state index in [9.17, 15) is 14.7 Å². The van der Waals surface area contributed by atoms with Crippen LogP contribution in [0.25, 0.3) is 0 Å². The fourth-order valence-electron chi connectivity index (χ4n) is 3.10. The summed E-state index contributed by atoms with van der Waals surface area (Å²) in [5.41, 5.74) is 5.01. The van der Waals surface area contributed by atoms with Gasteiger partial charge in [-0.15, -0.1) is 0 Å². The first-order valence-electron chi connectivity index (χ1n) is 7.11. The van der Waals surface area contributed by atoms with E-state index in [1.54, 1.807) is 24.3 Å². The molecule has 24 heavy (non-hydrogen) atoms. The van der Waals surface area contributed by atoms with Crippen LogP contribution in [0.2, 0.25) is 5.02 Å². The molecule has 0 fully saturated rings. The fourth-order valence-corrected chi connectivity index (χ4v) is 3.37. The van der Waals surface area contributed by atoms with Crippen LogP contribution in [0.4, 0.5) is 11.4 Å². The molecule has 8 heteroatoms. The van der Waals surface area contributed by atoms with Gasteiger partial charge in [-0.25, -0.2) is 0 Å². The topological polar surface area (TPSA) is 114 Å². The van der Waals surface area contributed by atoms with Crippen LogP contribution in [-0.2, 0) is 10.5 Å². The van der Waals surface area contributed by atoms with E-state index in [0.29, 0.717) is 0 Å². The summed E-state index contributed by atoms with van der Waals surface area (Å²) in [4.78, 5) is 24.1. The summed E-state index contributed by atoms with van der Waals surface area (Å²) in [6.45, 7) is -0.165. The van der Waals surface area contributed by atoms with Gasteiger partial charge in [-0.05, 0) is 6.07 Å². The minimum Gasteiger partial charge on any atom is -0.481 e. The van der Waals surface area contributed by atoms with Gasteiger partial charge in [0.05, 0.1) is 11.3 Å². The number of anilines is 2. The number of halogens is 1. The molecule has 0 aromatic heterocycles. The van der Waals surface area contributed by atoms with Crippen molar-refractivity contribution in [2.24, 2.45) is 0 Å². The molecule has 2 aliphatic rings. The van der Waals surface area contributed by atoms with Crippen molar-refractivity contribution in [2.45, 2.75) is 5.72 Å². The van der Waals surface area contributed by atoms with Gasteiger partial charge in [-0.3, -0.25) is 9.59 Å². The molecule has 2 aromatic carbocycles. The first-order valence-corrected chi connectivity index (χ1v) is 7.49. The van der Waals surface area contributed by atoms with E-state index in [0.717, 1.165) is 0 Å². The average molecular weight is 346 g/mol. The molecule has 0 spiro atoms. The largest absolute Gasteiger partial charge is 0.481 e. The summed E-state index contributed by atoms with van der Waals surface area (Å²) in [5.74, 6) is -0.693. The van der Waals surface area contributed by atoms with E-state index in [2.05, 4.69) is 10.6 Å². The van der Waals surface area contributed by atoms with E-state index in [1.165, 1.54) is 6.07 Å². The first-order chi connectivity index (χ1) is 11.4. The number of benzene rings is 2.